The predicted octanol–water partition coefficient (Wildman–Crippen LogP) is 3.88. The van der Waals surface area contributed by atoms with Gasteiger partial charge in [0.2, 0.25) is 0 Å². The molecule has 1 fully saturated rings. The van der Waals surface area contributed by atoms with Gasteiger partial charge in [-0.2, -0.15) is 10.2 Å². The van der Waals surface area contributed by atoms with Crippen LogP contribution in [0.3, 0.4) is 0 Å². The monoisotopic (exact) mass is 385 g/mol. The summed E-state index contributed by atoms with van der Waals surface area (Å²) in [5, 5.41) is 10.1. The second-order valence-corrected chi connectivity index (χ2v) is 6.75. The first-order valence-electron chi connectivity index (χ1n) is 8.69. The van der Waals surface area contributed by atoms with Crippen LogP contribution in [0.1, 0.15) is 11.7 Å². The van der Waals surface area contributed by atoms with Gasteiger partial charge in [0, 0.05) is 29.6 Å². The molecule has 6 nitrogen and oxygen atoms in total. The summed E-state index contributed by atoms with van der Waals surface area (Å²) in [6.07, 6.45) is 1.76. The molecule has 7 heteroatoms. The normalized spacial score (nSPS) is 17.1. The van der Waals surface area contributed by atoms with Gasteiger partial charge in [-0.15, -0.1) is 0 Å². The number of hydrogen-bond donors (Lipinski definition) is 0. The summed E-state index contributed by atoms with van der Waals surface area (Å²) in [6.45, 7) is 2.13. The molecule has 1 aromatic heterocycles. The Labute approximate surface area is 162 Å². The highest BCUT2D eigenvalue weighted by molar-refractivity contribution is 6.30. The molecule has 1 aliphatic heterocycles. The van der Waals surface area contributed by atoms with Crippen molar-refractivity contribution in [3.63, 3.8) is 0 Å². The van der Waals surface area contributed by atoms with Gasteiger partial charge in [0.15, 0.2) is 11.5 Å². The van der Waals surface area contributed by atoms with Crippen LogP contribution in [0.5, 0.6) is 11.5 Å². The van der Waals surface area contributed by atoms with Crippen molar-refractivity contribution in [1.82, 2.24) is 10.2 Å². The number of aromatic nitrogens is 2. The van der Waals surface area contributed by atoms with Crippen LogP contribution in [0.2, 0.25) is 5.02 Å². The van der Waals surface area contributed by atoms with Crippen molar-refractivity contribution < 1.29 is 14.2 Å². The fourth-order valence-electron chi connectivity index (χ4n) is 3.37. The zero-order valence-corrected chi connectivity index (χ0v) is 15.9. The number of nitrogens with zero attached hydrogens (tertiary/aromatic N) is 3. The minimum Gasteiger partial charge on any atom is -0.493 e. The van der Waals surface area contributed by atoms with Crippen LogP contribution in [-0.2, 0) is 4.74 Å². The van der Waals surface area contributed by atoms with Crippen molar-refractivity contribution in [2.75, 3.05) is 38.8 Å². The number of ether oxygens (including phenoxy) is 3. The highest BCUT2D eigenvalue weighted by Crippen LogP contribution is 2.36. The molecular weight excluding hydrogens is 366 g/mol. The number of morpholine rings is 1. The van der Waals surface area contributed by atoms with Gasteiger partial charge in [-0.05, 0) is 23.8 Å². The standard InChI is InChI=1S/C20H20ClN3O3/c1-25-18-9-15-16(10-19(18)26-2)23-22-11-17(15)24-7-8-27-20(12-24)13-3-5-14(21)6-4-13/h3-6,9-11,20H,7-8,12H2,1-2H3. The van der Waals surface area contributed by atoms with E-state index in [1.165, 1.54) is 0 Å². The van der Waals surface area contributed by atoms with Gasteiger partial charge in [0.1, 0.15) is 6.10 Å². The quantitative estimate of drug-likeness (QED) is 0.679. The fraction of sp³-hybridized carbons (Fsp3) is 0.300. The van der Waals surface area contributed by atoms with E-state index in [4.69, 9.17) is 25.8 Å². The Morgan fingerprint density at radius 3 is 2.59 bits per heavy atom. The number of hydrogen-bond acceptors (Lipinski definition) is 6. The van der Waals surface area contributed by atoms with Gasteiger partial charge >= 0.3 is 0 Å². The Morgan fingerprint density at radius 2 is 1.85 bits per heavy atom. The molecule has 2 heterocycles. The summed E-state index contributed by atoms with van der Waals surface area (Å²) >= 11 is 6.01. The molecule has 0 N–H and O–H groups in total. The van der Waals surface area contributed by atoms with E-state index in [2.05, 4.69) is 15.1 Å². The molecule has 0 spiro atoms. The summed E-state index contributed by atoms with van der Waals surface area (Å²) in [4.78, 5) is 2.27. The van der Waals surface area contributed by atoms with E-state index in [0.29, 0.717) is 18.1 Å². The van der Waals surface area contributed by atoms with Crippen molar-refractivity contribution in [2.45, 2.75) is 6.10 Å². The largest absolute Gasteiger partial charge is 0.493 e. The Bertz CT molecular complexity index is 949. The molecule has 27 heavy (non-hydrogen) atoms. The minimum atomic E-state index is -0.0284. The van der Waals surface area contributed by atoms with E-state index in [9.17, 15) is 0 Å². The predicted molar refractivity (Wildman–Crippen MR) is 105 cm³/mol. The van der Waals surface area contributed by atoms with Gasteiger partial charge in [-0.1, -0.05) is 23.7 Å². The van der Waals surface area contributed by atoms with Crippen LogP contribution in [0, 0.1) is 0 Å². The van der Waals surface area contributed by atoms with E-state index in [1.807, 2.05) is 36.4 Å². The molecule has 0 aliphatic carbocycles. The average Bonchev–Trinajstić information content (AvgIpc) is 2.72. The smallest absolute Gasteiger partial charge is 0.162 e. The number of halogens is 1. The topological polar surface area (TPSA) is 56.7 Å². The summed E-state index contributed by atoms with van der Waals surface area (Å²) in [7, 11) is 3.24. The van der Waals surface area contributed by atoms with E-state index >= 15 is 0 Å². The first-order chi connectivity index (χ1) is 13.2. The molecule has 1 atom stereocenters. The third-order valence-corrected chi connectivity index (χ3v) is 5.02. The Hall–Kier alpha value is -2.57. The van der Waals surface area contributed by atoms with Crippen LogP contribution in [-0.4, -0.2) is 44.1 Å². The molecular formula is C20H20ClN3O3. The lowest BCUT2D eigenvalue weighted by Gasteiger charge is -2.35. The van der Waals surface area contributed by atoms with Gasteiger partial charge < -0.3 is 19.1 Å². The Morgan fingerprint density at radius 1 is 1.11 bits per heavy atom. The second kappa shape index (κ2) is 7.58. The van der Waals surface area contributed by atoms with E-state index < -0.39 is 0 Å². The highest BCUT2D eigenvalue weighted by Gasteiger charge is 2.24. The van der Waals surface area contributed by atoms with Crippen molar-refractivity contribution in [3.8, 4) is 11.5 Å². The van der Waals surface area contributed by atoms with Gasteiger partial charge in [-0.25, -0.2) is 0 Å². The molecule has 0 radical (unpaired) electrons. The zero-order valence-electron chi connectivity index (χ0n) is 15.2. The van der Waals surface area contributed by atoms with Crippen LogP contribution < -0.4 is 14.4 Å². The molecule has 0 bridgehead atoms. The van der Waals surface area contributed by atoms with Crippen LogP contribution in [0.25, 0.3) is 10.9 Å². The van der Waals surface area contributed by atoms with Gasteiger partial charge in [0.05, 0.1) is 38.2 Å². The summed E-state index contributed by atoms with van der Waals surface area (Å²) in [6, 6.07) is 11.6. The van der Waals surface area contributed by atoms with E-state index in [0.717, 1.165) is 40.3 Å². The molecule has 140 valence electrons. The summed E-state index contributed by atoms with van der Waals surface area (Å²) in [5.74, 6) is 1.30. The molecule has 4 rings (SSSR count). The third kappa shape index (κ3) is 3.50. The maximum Gasteiger partial charge on any atom is 0.162 e. The first kappa shape index (κ1) is 17.8. The van der Waals surface area contributed by atoms with Crippen LogP contribution in [0.15, 0.2) is 42.6 Å². The zero-order chi connectivity index (χ0) is 18.8. The third-order valence-electron chi connectivity index (χ3n) is 4.77. The lowest BCUT2D eigenvalue weighted by Crippen LogP contribution is -2.38. The minimum absolute atomic E-state index is 0.0284. The molecule has 1 unspecified atom stereocenters. The number of anilines is 1. The highest BCUT2D eigenvalue weighted by atomic mass is 35.5. The number of benzene rings is 2. The first-order valence-corrected chi connectivity index (χ1v) is 9.07. The number of rotatable bonds is 4. The van der Waals surface area contributed by atoms with Crippen molar-refractivity contribution in [2.24, 2.45) is 0 Å². The molecule has 1 aliphatic rings. The fourth-order valence-corrected chi connectivity index (χ4v) is 3.50. The van der Waals surface area contributed by atoms with Crippen LogP contribution >= 0.6 is 11.6 Å². The second-order valence-electron chi connectivity index (χ2n) is 6.31. The van der Waals surface area contributed by atoms with E-state index in [1.54, 1.807) is 20.4 Å². The van der Waals surface area contributed by atoms with E-state index in [-0.39, 0.29) is 6.10 Å². The SMILES string of the molecule is COc1cc2nncc(N3CCOC(c4ccc(Cl)cc4)C3)c2cc1OC. The van der Waals surface area contributed by atoms with Crippen molar-refractivity contribution >= 4 is 28.2 Å². The van der Waals surface area contributed by atoms with Crippen molar-refractivity contribution in [3.05, 3.63) is 53.2 Å². The lowest BCUT2D eigenvalue weighted by atomic mass is 10.1. The molecule has 2 aromatic carbocycles. The molecule has 1 saturated heterocycles. The lowest BCUT2D eigenvalue weighted by molar-refractivity contribution is 0.0399. The maximum atomic E-state index is 6.01. The van der Waals surface area contributed by atoms with Gasteiger partial charge in [-0.3, -0.25) is 0 Å². The van der Waals surface area contributed by atoms with Crippen molar-refractivity contribution in [1.29, 1.82) is 0 Å². The summed E-state index contributed by atoms with van der Waals surface area (Å²) in [5.41, 5.74) is 2.87. The molecule has 3 aromatic rings. The maximum absolute atomic E-state index is 6.01. The Kier molecular flexibility index (Phi) is 5.01. The number of methoxy groups -OCH3 is 2. The number of fused-ring (bicyclic) bond motifs is 1. The average molecular weight is 386 g/mol. The molecule has 0 saturated carbocycles. The van der Waals surface area contributed by atoms with Crippen LogP contribution in [0.4, 0.5) is 5.69 Å². The summed E-state index contributed by atoms with van der Waals surface area (Å²) < 4.78 is 16.8. The van der Waals surface area contributed by atoms with Gasteiger partial charge in [0.25, 0.3) is 0 Å². The molecule has 0 amide bonds. The Balaban J connectivity index is 1.69.